The van der Waals surface area contributed by atoms with E-state index in [4.69, 9.17) is 0 Å². The number of nitrogens with zero attached hydrogens (tertiary/aromatic N) is 2. The number of anilines is 1. The number of carbonyl (C=O) groups excluding carboxylic acids is 2. The lowest BCUT2D eigenvalue weighted by Crippen LogP contribution is -2.54. The van der Waals surface area contributed by atoms with Crippen LogP contribution in [0.4, 0.5) is 14.5 Å². The van der Waals surface area contributed by atoms with E-state index in [2.05, 4.69) is 5.32 Å². The third-order valence-corrected chi connectivity index (χ3v) is 4.46. The summed E-state index contributed by atoms with van der Waals surface area (Å²) in [5.41, 5.74) is 0.0278. The van der Waals surface area contributed by atoms with Crippen molar-refractivity contribution in [2.24, 2.45) is 5.92 Å². The van der Waals surface area contributed by atoms with E-state index in [1.54, 1.807) is 4.90 Å². The van der Waals surface area contributed by atoms with E-state index in [1.807, 2.05) is 6.92 Å². The Hall–Kier alpha value is -2.02. The van der Waals surface area contributed by atoms with Crippen LogP contribution in [-0.2, 0) is 9.59 Å². The minimum atomic E-state index is -0.790. The molecule has 1 aromatic rings. The molecule has 23 heavy (non-hydrogen) atoms. The van der Waals surface area contributed by atoms with Crippen molar-refractivity contribution in [3.63, 3.8) is 0 Å². The van der Waals surface area contributed by atoms with Crippen LogP contribution in [0, 0.1) is 17.6 Å². The molecule has 0 aromatic heterocycles. The van der Waals surface area contributed by atoms with Crippen molar-refractivity contribution in [1.29, 1.82) is 0 Å². The van der Waals surface area contributed by atoms with Gasteiger partial charge in [-0.15, -0.1) is 0 Å². The van der Waals surface area contributed by atoms with Crippen LogP contribution in [0.5, 0.6) is 0 Å². The molecule has 2 amide bonds. The molecule has 0 aliphatic carbocycles. The summed E-state index contributed by atoms with van der Waals surface area (Å²) in [4.78, 5) is 27.8. The molecule has 0 radical (unpaired) electrons. The van der Waals surface area contributed by atoms with Gasteiger partial charge in [0.05, 0.1) is 11.6 Å². The highest BCUT2D eigenvalue weighted by Gasteiger charge is 2.39. The van der Waals surface area contributed by atoms with Crippen LogP contribution in [0.1, 0.15) is 13.3 Å². The van der Waals surface area contributed by atoms with Crippen molar-refractivity contribution < 1.29 is 18.4 Å². The maximum atomic E-state index is 13.9. The largest absolute Gasteiger partial charge is 0.337 e. The molecular formula is C16H19F2N3O2. The molecule has 2 unspecified atom stereocenters. The molecule has 0 saturated carbocycles. The van der Waals surface area contributed by atoms with Crippen LogP contribution in [0.2, 0.25) is 0 Å². The average molecular weight is 323 g/mol. The van der Waals surface area contributed by atoms with Gasteiger partial charge in [0, 0.05) is 44.7 Å². The maximum Gasteiger partial charge on any atom is 0.228 e. The second kappa shape index (κ2) is 6.23. The van der Waals surface area contributed by atoms with E-state index in [1.165, 1.54) is 11.0 Å². The third-order valence-electron chi connectivity index (χ3n) is 4.46. The van der Waals surface area contributed by atoms with Gasteiger partial charge in [0.25, 0.3) is 0 Å². The van der Waals surface area contributed by atoms with Crippen LogP contribution in [-0.4, -0.2) is 48.9 Å². The minimum Gasteiger partial charge on any atom is -0.337 e. The Morgan fingerprint density at radius 1 is 1.35 bits per heavy atom. The van der Waals surface area contributed by atoms with Crippen molar-refractivity contribution >= 4 is 17.5 Å². The van der Waals surface area contributed by atoms with E-state index in [0.717, 1.165) is 25.2 Å². The normalized spacial score (nSPS) is 25.1. The first-order valence-electron chi connectivity index (χ1n) is 7.74. The monoisotopic (exact) mass is 323 g/mol. The summed E-state index contributed by atoms with van der Waals surface area (Å²) in [6.45, 7) is 4.15. The van der Waals surface area contributed by atoms with Crippen molar-refractivity contribution in [2.45, 2.75) is 19.4 Å². The number of amides is 2. The molecule has 3 rings (SSSR count). The molecule has 0 spiro atoms. The average Bonchev–Trinajstić information content (AvgIpc) is 2.89. The topological polar surface area (TPSA) is 52.7 Å². The first-order valence-corrected chi connectivity index (χ1v) is 7.74. The first kappa shape index (κ1) is 15.9. The Balaban J connectivity index is 1.75. The predicted octanol–water partition coefficient (Wildman–Crippen LogP) is 1.14. The highest BCUT2D eigenvalue weighted by Crippen LogP contribution is 2.29. The van der Waals surface area contributed by atoms with Gasteiger partial charge in [-0.3, -0.25) is 9.59 Å². The molecule has 1 aromatic carbocycles. The van der Waals surface area contributed by atoms with E-state index in [9.17, 15) is 18.4 Å². The van der Waals surface area contributed by atoms with Gasteiger partial charge in [0.1, 0.15) is 11.6 Å². The molecule has 124 valence electrons. The van der Waals surface area contributed by atoms with E-state index < -0.39 is 17.6 Å². The molecular weight excluding hydrogens is 304 g/mol. The predicted molar refractivity (Wildman–Crippen MR) is 80.9 cm³/mol. The molecule has 2 aliphatic heterocycles. The van der Waals surface area contributed by atoms with Gasteiger partial charge < -0.3 is 15.1 Å². The summed E-state index contributed by atoms with van der Waals surface area (Å²) >= 11 is 0. The number of hydrogen-bond donors (Lipinski definition) is 1. The fraction of sp³-hybridized carbons (Fsp3) is 0.500. The standard InChI is InChI=1S/C16H19F2N3O2/c1-10-8-19-4-5-20(10)16(23)11-6-15(22)21(9-11)14-3-2-12(17)7-13(14)18/h2-3,7,10-11,19H,4-6,8-9H2,1H3. The highest BCUT2D eigenvalue weighted by molar-refractivity contribution is 6.00. The van der Waals surface area contributed by atoms with Crippen LogP contribution >= 0.6 is 0 Å². The fourth-order valence-electron chi connectivity index (χ4n) is 3.21. The lowest BCUT2D eigenvalue weighted by Gasteiger charge is -2.35. The van der Waals surface area contributed by atoms with Gasteiger partial charge in [-0.2, -0.15) is 0 Å². The van der Waals surface area contributed by atoms with Crippen LogP contribution in [0.15, 0.2) is 18.2 Å². The maximum absolute atomic E-state index is 13.9. The Morgan fingerprint density at radius 2 is 2.13 bits per heavy atom. The lowest BCUT2D eigenvalue weighted by molar-refractivity contribution is -0.138. The SMILES string of the molecule is CC1CNCCN1C(=O)C1CC(=O)N(c2ccc(F)cc2F)C1. The molecule has 2 atom stereocenters. The number of hydrogen-bond acceptors (Lipinski definition) is 3. The van der Waals surface area contributed by atoms with Crippen molar-refractivity contribution in [3.8, 4) is 0 Å². The summed E-state index contributed by atoms with van der Waals surface area (Å²) in [6.07, 6.45) is 0.0618. The zero-order valence-corrected chi connectivity index (χ0v) is 12.9. The zero-order valence-electron chi connectivity index (χ0n) is 12.9. The molecule has 2 saturated heterocycles. The number of carbonyl (C=O) groups is 2. The van der Waals surface area contributed by atoms with Crippen molar-refractivity contribution in [3.05, 3.63) is 29.8 Å². The van der Waals surface area contributed by atoms with Crippen molar-refractivity contribution in [2.75, 3.05) is 31.1 Å². The number of halogens is 2. The fourth-order valence-corrected chi connectivity index (χ4v) is 3.21. The molecule has 1 N–H and O–H groups in total. The molecule has 0 bridgehead atoms. The number of piperazine rings is 1. The van der Waals surface area contributed by atoms with Gasteiger partial charge in [0.2, 0.25) is 11.8 Å². The highest BCUT2D eigenvalue weighted by atomic mass is 19.1. The number of nitrogens with one attached hydrogen (secondary N) is 1. The lowest BCUT2D eigenvalue weighted by atomic mass is 10.1. The summed E-state index contributed by atoms with van der Waals surface area (Å²) in [5, 5.41) is 3.21. The summed E-state index contributed by atoms with van der Waals surface area (Å²) < 4.78 is 26.9. The molecule has 5 nitrogen and oxygen atoms in total. The second-order valence-corrected chi connectivity index (χ2v) is 6.09. The van der Waals surface area contributed by atoms with Crippen LogP contribution < -0.4 is 10.2 Å². The van der Waals surface area contributed by atoms with E-state index in [0.29, 0.717) is 6.54 Å². The minimum absolute atomic E-state index is 0.0278. The molecule has 7 heteroatoms. The quantitative estimate of drug-likeness (QED) is 0.888. The molecule has 2 aliphatic rings. The zero-order chi connectivity index (χ0) is 16.6. The van der Waals surface area contributed by atoms with Crippen LogP contribution in [0.25, 0.3) is 0 Å². The Morgan fingerprint density at radius 3 is 2.83 bits per heavy atom. The summed E-state index contributed by atoms with van der Waals surface area (Å²) in [6, 6.07) is 3.17. The van der Waals surface area contributed by atoms with E-state index in [-0.39, 0.29) is 36.5 Å². The summed E-state index contributed by atoms with van der Waals surface area (Å²) in [7, 11) is 0. The third kappa shape index (κ3) is 3.06. The Bertz CT molecular complexity index is 638. The smallest absolute Gasteiger partial charge is 0.228 e. The Kier molecular flexibility index (Phi) is 4.30. The van der Waals surface area contributed by atoms with Crippen molar-refractivity contribution in [1.82, 2.24) is 10.2 Å². The number of benzene rings is 1. The summed E-state index contributed by atoms with van der Waals surface area (Å²) in [5.74, 6) is -2.34. The van der Waals surface area contributed by atoms with E-state index >= 15 is 0 Å². The van der Waals surface area contributed by atoms with Gasteiger partial charge in [-0.05, 0) is 19.1 Å². The second-order valence-electron chi connectivity index (χ2n) is 6.09. The van der Waals surface area contributed by atoms with Gasteiger partial charge >= 0.3 is 0 Å². The number of rotatable bonds is 2. The van der Waals surface area contributed by atoms with Gasteiger partial charge in [-0.1, -0.05) is 0 Å². The first-order chi connectivity index (χ1) is 11.0. The van der Waals surface area contributed by atoms with Gasteiger partial charge in [0.15, 0.2) is 0 Å². The molecule has 2 fully saturated rings. The van der Waals surface area contributed by atoms with Gasteiger partial charge in [-0.25, -0.2) is 8.78 Å². The van der Waals surface area contributed by atoms with Crippen LogP contribution in [0.3, 0.4) is 0 Å². The Labute approximate surface area is 133 Å². The molecule has 2 heterocycles.